The minimum absolute atomic E-state index is 0.0787. The van der Waals surface area contributed by atoms with Crippen LogP contribution < -0.4 is 0 Å². The molecule has 1 unspecified atom stereocenters. The minimum atomic E-state index is -0.636. The Labute approximate surface area is 124 Å². The number of fused-ring (bicyclic) bond motifs is 1. The summed E-state index contributed by atoms with van der Waals surface area (Å²) in [6, 6.07) is 5.62. The molecule has 1 aromatic carbocycles. The predicted molar refractivity (Wildman–Crippen MR) is 83.9 cm³/mol. The van der Waals surface area contributed by atoms with E-state index < -0.39 is 5.41 Å². The Morgan fingerprint density at radius 2 is 2.33 bits per heavy atom. The van der Waals surface area contributed by atoms with Gasteiger partial charge >= 0.3 is 0 Å². The fraction of sp³-hybridized carbons (Fsp3) is 0.471. The standard InChI is InChI=1S/C17H21N3O/c1-2-17(11-18,9-12-4-3-5-12)16(21)13-6-7-15-14(8-13)10-19-20-15/h6-8,10-12,18H,2-5,9H2,1H3,(H,19,20). The van der Waals surface area contributed by atoms with Gasteiger partial charge in [0.05, 0.1) is 17.1 Å². The zero-order valence-corrected chi connectivity index (χ0v) is 12.4. The van der Waals surface area contributed by atoms with Gasteiger partial charge in [-0.3, -0.25) is 9.89 Å². The van der Waals surface area contributed by atoms with Gasteiger partial charge in [0, 0.05) is 17.2 Å². The molecule has 2 N–H and O–H groups in total. The Morgan fingerprint density at radius 3 is 2.95 bits per heavy atom. The lowest BCUT2D eigenvalue weighted by atomic mass is 9.68. The maximum absolute atomic E-state index is 13.0. The van der Waals surface area contributed by atoms with Crippen molar-refractivity contribution in [3.63, 3.8) is 0 Å². The highest BCUT2D eigenvalue weighted by atomic mass is 16.1. The molecule has 0 bridgehead atoms. The van der Waals surface area contributed by atoms with Crippen LogP contribution in [0.5, 0.6) is 0 Å². The van der Waals surface area contributed by atoms with Crippen LogP contribution >= 0.6 is 0 Å². The Kier molecular flexibility index (Phi) is 3.62. The van der Waals surface area contributed by atoms with Crippen LogP contribution in [0, 0.1) is 16.7 Å². The summed E-state index contributed by atoms with van der Waals surface area (Å²) in [5, 5.41) is 15.7. The van der Waals surface area contributed by atoms with Gasteiger partial charge in [0.2, 0.25) is 0 Å². The molecule has 1 atom stereocenters. The first-order valence-electron chi connectivity index (χ1n) is 7.68. The molecule has 1 aliphatic carbocycles. The predicted octanol–water partition coefficient (Wildman–Crippen LogP) is 3.98. The fourth-order valence-electron chi connectivity index (χ4n) is 3.21. The zero-order chi connectivity index (χ0) is 14.9. The van der Waals surface area contributed by atoms with E-state index in [4.69, 9.17) is 5.41 Å². The van der Waals surface area contributed by atoms with Gasteiger partial charge in [-0.15, -0.1) is 0 Å². The van der Waals surface area contributed by atoms with E-state index in [0.717, 1.165) is 17.3 Å². The molecule has 3 rings (SSSR count). The maximum Gasteiger partial charge on any atom is 0.174 e. The third-order valence-electron chi connectivity index (χ3n) is 4.94. The summed E-state index contributed by atoms with van der Waals surface area (Å²) in [6.45, 7) is 2.01. The molecular weight excluding hydrogens is 262 g/mol. The number of nitrogens with one attached hydrogen (secondary N) is 2. The van der Waals surface area contributed by atoms with E-state index in [0.29, 0.717) is 17.9 Å². The van der Waals surface area contributed by atoms with Crippen molar-refractivity contribution in [3.05, 3.63) is 30.0 Å². The van der Waals surface area contributed by atoms with E-state index in [2.05, 4.69) is 10.2 Å². The average Bonchev–Trinajstić information content (AvgIpc) is 2.94. The molecule has 4 nitrogen and oxygen atoms in total. The third kappa shape index (κ3) is 2.39. The van der Waals surface area contributed by atoms with Crippen molar-refractivity contribution < 1.29 is 4.79 Å². The Morgan fingerprint density at radius 1 is 1.52 bits per heavy atom. The molecule has 4 heteroatoms. The van der Waals surface area contributed by atoms with E-state index in [1.165, 1.54) is 25.5 Å². The Hall–Kier alpha value is -1.97. The molecule has 1 aromatic heterocycles. The van der Waals surface area contributed by atoms with Crippen LogP contribution in [0.1, 0.15) is 49.4 Å². The zero-order valence-electron chi connectivity index (χ0n) is 12.4. The van der Waals surface area contributed by atoms with Gasteiger partial charge in [0.15, 0.2) is 5.78 Å². The van der Waals surface area contributed by atoms with E-state index in [1.807, 2.05) is 25.1 Å². The maximum atomic E-state index is 13.0. The van der Waals surface area contributed by atoms with Crippen molar-refractivity contribution in [2.75, 3.05) is 0 Å². The van der Waals surface area contributed by atoms with Crippen LogP contribution in [0.2, 0.25) is 0 Å². The number of hydrogen-bond acceptors (Lipinski definition) is 3. The van der Waals surface area contributed by atoms with Crippen molar-refractivity contribution in [1.29, 1.82) is 5.41 Å². The molecule has 0 amide bonds. The fourth-order valence-corrected chi connectivity index (χ4v) is 3.21. The molecule has 21 heavy (non-hydrogen) atoms. The number of carbonyl (C=O) groups is 1. The van der Waals surface area contributed by atoms with Crippen molar-refractivity contribution >= 4 is 22.9 Å². The number of rotatable bonds is 6. The molecule has 110 valence electrons. The van der Waals surface area contributed by atoms with Gasteiger partial charge in [-0.25, -0.2) is 0 Å². The van der Waals surface area contributed by atoms with Crippen molar-refractivity contribution in [2.45, 2.75) is 39.0 Å². The highest BCUT2D eigenvalue weighted by molar-refractivity contribution is 6.10. The lowest BCUT2D eigenvalue weighted by molar-refractivity contribution is 0.0816. The van der Waals surface area contributed by atoms with Gasteiger partial charge in [-0.05, 0) is 37.0 Å². The smallest absolute Gasteiger partial charge is 0.174 e. The quantitative estimate of drug-likeness (QED) is 0.622. The lowest BCUT2D eigenvalue weighted by Crippen LogP contribution is -2.36. The minimum Gasteiger partial charge on any atom is -0.312 e. The summed E-state index contributed by atoms with van der Waals surface area (Å²) in [5.41, 5.74) is 0.985. The molecular formula is C17H21N3O. The highest BCUT2D eigenvalue weighted by Gasteiger charge is 2.38. The van der Waals surface area contributed by atoms with Crippen LogP contribution in [-0.4, -0.2) is 22.2 Å². The van der Waals surface area contributed by atoms with Crippen molar-refractivity contribution in [1.82, 2.24) is 10.2 Å². The van der Waals surface area contributed by atoms with Gasteiger partial charge in [-0.1, -0.05) is 26.2 Å². The number of benzene rings is 1. The number of Topliss-reactive ketones (excluding diaryl/α,β-unsaturated/α-hetero) is 1. The SMILES string of the molecule is CCC(C=N)(CC1CCC1)C(=O)c1ccc2[nH]ncc2c1. The average molecular weight is 283 g/mol. The number of aromatic amines is 1. The summed E-state index contributed by atoms with van der Waals surface area (Å²) >= 11 is 0. The molecule has 1 fully saturated rings. The molecule has 2 aromatic rings. The molecule has 0 radical (unpaired) electrons. The summed E-state index contributed by atoms with van der Waals surface area (Å²) in [7, 11) is 0. The van der Waals surface area contributed by atoms with Gasteiger partial charge in [0.1, 0.15) is 0 Å². The molecule has 0 aliphatic heterocycles. The highest BCUT2D eigenvalue weighted by Crippen LogP contribution is 2.40. The van der Waals surface area contributed by atoms with Gasteiger partial charge < -0.3 is 5.41 Å². The first-order valence-corrected chi connectivity index (χ1v) is 7.68. The summed E-state index contributed by atoms with van der Waals surface area (Å²) < 4.78 is 0. The number of hydrogen-bond donors (Lipinski definition) is 2. The number of H-pyrrole nitrogens is 1. The third-order valence-corrected chi connectivity index (χ3v) is 4.94. The van der Waals surface area contributed by atoms with Crippen LogP contribution in [0.4, 0.5) is 0 Å². The van der Waals surface area contributed by atoms with Crippen LogP contribution in [0.25, 0.3) is 10.9 Å². The van der Waals surface area contributed by atoms with E-state index in [9.17, 15) is 4.79 Å². The van der Waals surface area contributed by atoms with E-state index in [-0.39, 0.29) is 5.78 Å². The van der Waals surface area contributed by atoms with Gasteiger partial charge in [0.25, 0.3) is 0 Å². The Balaban J connectivity index is 1.93. The number of aromatic nitrogens is 2. The molecule has 0 saturated heterocycles. The molecule has 1 saturated carbocycles. The second-order valence-electron chi connectivity index (χ2n) is 6.16. The second-order valence-corrected chi connectivity index (χ2v) is 6.16. The van der Waals surface area contributed by atoms with Crippen LogP contribution in [-0.2, 0) is 0 Å². The summed E-state index contributed by atoms with van der Waals surface area (Å²) in [6.07, 6.45) is 8.28. The largest absolute Gasteiger partial charge is 0.312 e. The second kappa shape index (κ2) is 5.43. The van der Waals surface area contributed by atoms with E-state index in [1.54, 1.807) is 6.20 Å². The lowest BCUT2D eigenvalue weighted by Gasteiger charge is -2.35. The normalized spacial score (nSPS) is 18.1. The monoisotopic (exact) mass is 283 g/mol. The first kappa shape index (κ1) is 14.0. The van der Waals surface area contributed by atoms with Crippen molar-refractivity contribution in [2.24, 2.45) is 11.3 Å². The first-order chi connectivity index (χ1) is 10.2. The molecule has 0 spiro atoms. The molecule has 1 aliphatic rings. The molecule has 1 heterocycles. The van der Waals surface area contributed by atoms with Gasteiger partial charge in [-0.2, -0.15) is 5.10 Å². The van der Waals surface area contributed by atoms with Crippen LogP contribution in [0.15, 0.2) is 24.4 Å². The van der Waals surface area contributed by atoms with Crippen LogP contribution in [0.3, 0.4) is 0 Å². The summed E-state index contributed by atoms with van der Waals surface area (Å²) in [5.74, 6) is 0.683. The number of carbonyl (C=O) groups excluding carboxylic acids is 1. The number of ketones is 1. The number of nitrogens with zero attached hydrogens (tertiary/aromatic N) is 1. The van der Waals surface area contributed by atoms with E-state index >= 15 is 0 Å². The van der Waals surface area contributed by atoms with Crippen molar-refractivity contribution in [3.8, 4) is 0 Å². The topological polar surface area (TPSA) is 69.6 Å². The Bertz CT molecular complexity index is 671. The summed E-state index contributed by atoms with van der Waals surface area (Å²) in [4.78, 5) is 13.0.